The number of sulfonamides is 1. The zero-order valence-corrected chi connectivity index (χ0v) is 12.9. The molecule has 2 heterocycles. The molecule has 6 nitrogen and oxygen atoms in total. The monoisotopic (exact) mass is 298 g/mol. The number of pyridine rings is 1. The van der Waals surface area contributed by atoms with E-state index in [1.807, 2.05) is 13.1 Å². The van der Waals surface area contributed by atoms with Crippen LogP contribution in [0.5, 0.6) is 0 Å². The molecule has 0 amide bonds. The van der Waals surface area contributed by atoms with Crippen molar-refractivity contribution in [2.24, 2.45) is 5.73 Å². The van der Waals surface area contributed by atoms with Crippen molar-refractivity contribution < 1.29 is 8.42 Å². The van der Waals surface area contributed by atoms with Crippen LogP contribution in [0.2, 0.25) is 0 Å². The normalized spacial score (nSPS) is 17.4. The molecule has 0 aliphatic carbocycles. The van der Waals surface area contributed by atoms with Crippen LogP contribution in [-0.2, 0) is 16.4 Å². The summed E-state index contributed by atoms with van der Waals surface area (Å²) in [6, 6.07) is 2.11. The van der Waals surface area contributed by atoms with Gasteiger partial charge in [-0.05, 0) is 31.0 Å². The molecule has 2 rings (SSSR count). The fourth-order valence-electron chi connectivity index (χ4n) is 2.49. The molecule has 1 aliphatic rings. The Morgan fingerprint density at radius 3 is 2.45 bits per heavy atom. The Bertz CT molecular complexity index is 566. The average molecular weight is 298 g/mol. The van der Waals surface area contributed by atoms with Gasteiger partial charge in [0, 0.05) is 32.4 Å². The molecule has 112 valence electrons. The summed E-state index contributed by atoms with van der Waals surface area (Å²) in [5.74, 6) is 0.943. The first-order chi connectivity index (χ1) is 9.41. The highest BCUT2D eigenvalue weighted by Gasteiger charge is 2.24. The molecule has 0 spiro atoms. The molecule has 0 saturated carbocycles. The van der Waals surface area contributed by atoms with E-state index in [4.69, 9.17) is 5.73 Å². The fraction of sp³-hybridized carbons (Fsp3) is 0.615. The van der Waals surface area contributed by atoms with Crippen molar-refractivity contribution in [1.82, 2.24) is 9.29 Å². The van der Waals surface area contributed by atoms with E-state index in [0.717, 1.165) is 23.4 Å². The van der Waals surface area contributed by atoms with E-state index < -0.39 is 10.0 Å². The van der Waals surface area contributed by atoms with Gasteiger partial charge in [0.2, 0.25) is 10.0 Å². The molecule has 1 fully saturated rings. The van der Waals surface area contributed by atoms with Crippen molar-refractivity contribution in [2.45, 2.75) is 13.3 Å². The predicted molar refractivity (Wildman–Crippen MR) is 80.4 cm³/mol. The summed E-state index contributed by atoms with van der Waals surface area (Å²) in [4.78, 5) is 6.65. The minimum atomic E-state index is -3.08. The lowest BCUT2D eigenvalue weighted by molar-refractivity contribution is 0.386. The quantitative estimate of drug-likeness (QED) is 0.844. The lowest BCUT2D eigenvalue weighted by Crippen LogP contribution is -2.48. The Morgan fingerprint density at radius 1 is 1.30 bits per heavy atom. The maximum absolute atomic E-state index is 11.5. The number of aryl methyl sites for hydroxylation is 1. The smallest absolute Gasteiger partial charge is 0.211 e. The Kier molecular flexibility index (Phi) is 4.62. The number of aromatic nitrogens is 1. The van der Waals surface area contributed by atoms with E-state index in [9.17, 15) is 8.42 Å². The van der Waals surface area contributed by atoms with Gasteiger partial charge in [-0.25, -0.2) is 13.4 Å². The number of piperazine rings is 1. The lowest BCUT2D eigenvalue weighted by Gasteiger charge is -2.34. The minimum absolute atomic E-state index is 0.518. The Morgan fingerprint density at radius 2 is 1.95 bits per heavy atom. The highest BCUT2D eigenvalue weighted by Crippen LogP contribution is 2.20. The van der Waals surface area contributed by atoms with E-state index in [2.05, 4.69) is 16.0 Å². The van der Waals surface area contributed by atoms with Gasteiger partial charge in [0.25, 0.3) is 0 Å². The van der Waals surface area contributed by atoms with Crippen molar-refractivity contribution in [1.29, 1.82) is 0 Å². The van der Waals surface area contributed by atoms with Gasteiger partial charge >= 0.3 is 0 Å². The van der Waals surface area contributed by atoms with Crippen LogP contribution in [0.3, 0.4) is 0 Å². The molecule has 1 aromatic heterocycles. The number of hydrogen-bond donors (Lipinski definition) is 1. The van der Waals surface area contributed by atoms with Crippen LogP contribution in [-0.4, -0.2) is 56.7 Å². The van der Waals surface area contributed by atoms with E-state index in [-0.39, 0.29) is 0 Å². The van der Waals surface area contributed by atoms with Gasteiger partial charge in [-0.3, -0.25) is 0 Å². The number of nitrogens with zero attached hydrogens (tertiary/aromatic N) is 3. The molecular formula is C13H22N4O2S. The first-order valence-electron chi connectivity index (χ1n) is 6.77. The molecule has 0 bridgehead atoms. The molecular weight excluding hydrogens is 276 g/mol. The molecule has 20 heavy (non-hydrogen) atoms. The summed E-state index contributed by atoms with van der Waals surface area (Å²) in [6.45, 7) is 5.04. The average Bonchev–Trinajstić information content (AvgIpc) is 2.38. The first-order valence-corrected chi connectivity index (χ1v) is 8.62. The molecule has 0 atom stereocenters. The molecule has 0 unspecified atom stereocenters. The summed E-state index contributed by atoms with van der Waals surface area (Å²) >= 11 is 0. The van der Waals surface area contributed by atoms with Gasteiger partial charge in [0.05, 0.1) is 6.26 Å². The standard InChI is InChI=1S/C13H22N4O2S/c1-11-9-12(3-4-14)10-15-13(11)16-5-7-17(8-6-16)20(2,18)19/h9-10H,3-8,14H2,1-2H3. The van der Waals surface area contributed by atoms with Crippen LogP contribution in [0.1, 0.15) is 11.1 Å². The van der Waals surface area contributed by atoms with Crippen LogP contribution < -0.4 is 10.6 Å². The zero-order chi connectivity index (χ0) is 14.8. The Hall–Kier alpha value is -1.18. The second kappa shape index (κ2) is 6.07. The summed E-state index contributed by atoms with van der Waals surface area (Å²) in [5.41, 5.74) is 7.80. The first kappa shape index (κ1) is 15.2. The lowest BCUT2D eigenvalue weighted by atomic mass is 10.1. The van der Waals surface area contributed by atoms with Gasteiger partial charge in [0.1, 0.15) is 5.82 Å². The van der Waals surface area contributed by atoms with Gasteiger partial charge < -0.3 is 10.6 Å². The molecule has 1 saturated heterocycles. The SMILES string of the molecule is Cc1cc(CCN)cnc1N1CCN(S(C)(=O)=O)CC1. The third-order valence-corrected chi connectivity index (χ3v) is 4.85. The third kappa shape index (κ3) is 3.47. The second-order valence-electron chi connectivity index (χ2n) is 5.17. The van der Waals surface area contributed by atoms with Crippen LogP contribution >= 0.6 is 0 Å². The number of nitrogens with two attached hydrogens (primary N) is 1. The Labute approximate surface area is 120 Å². The van der Waals surface area contributed by atoms with Crippen LogP contribution in [0.25, 0.3) is 0 Å². The van der Waals surface area contributed by atoms with Gasteiger partial charge in [-0.15, -0.1) is 0 Å². The number of hydrogen-bond acceptors (Lipinski definition) is 5. The van der Waals surface area contributed by atoms with Gasteiger partial charge in [-0.2, -0.15) is 4.31 Å². The highest BCUT2D eigenvalue weighted by atomic mass is 32.2. The summed E-state index contributed by atoms with van der Waals surface area (Å²) < 4.78 is 24.5. The third-order valence-electron chi connectivity index (χ3n) is 3.55. The van der Waals surface area contributed by atoms with Crippen molar-refractivity contribution in [3.63, 3.8) is 0 Å². The molecule has 7 heteroatoms. The van der Waals surface area contributed by atoms with Crippen molar-refractivity contribution in [3.05, 3.63) is 23.4 Å². The predicted octanol–water partition coefficient (Wildman–Crippen LogP) is -0.0272. The van der Waals surface area contributed by atoms with Crippen LogP contribution in [0, 0.1) is 6.92 Å². The fourth-order valence-corrected chi connectivity index (χ4v) is 3.32. The van der Waals surface area contributed by atoms with Crippen molar-refractivity contribution >= 4 is 15.8 Å². The van der Waals surface area contributed by atoms with E-state index in [1.165, 1.54) is 10.6 Å². The van der Waals surface area contributed by atoms with Gasteiger partial charge in [-0.1, -0.05) is 6.07 Å². The summed E-state index contributed by atoms with van der Waals surface area (Å²) in [5, 5.41) is 0. The topological polar surface area (TPSA) is 79.5 Å². The van der Waals surface area contributed by atoms with Crippen LogP contribution in [0.15, 0.2) is 12.3 Å². The maximum Gasteiger partial charge on any atom is 0.211 e. The van der Waals surface area contributed by atoms with Crippen LogP contribution in [0.4, 0.5) is 5.82 Å². The second-order valence-corrected chi connectivity index (χ2v) is 7.15. The molecule has 2 N–H and O–H groups in total. The molecule has 1 aromatic rings. The van der Waals surface area contributed by atoms with Crippen molar-refractivity contribution in [2.75, 3.05) is 43.9 Å². The molecule has 0 radical (unpaired) electrons. The summed E-state index contributed by atoms with van der Waals surface area (Å²) in [7, 11) is -3.08. The minimum Gasteiger partial charge on any atom is -0.354 e. The molecule has 0 aromatic carbocycles. The Balaban J connectivity index is 2.07. The molecule has 1 aliphatic heterocycles. The summed E-state index contributed by atoms with van der Waals surface area (Å²) in [6.07, 6.45) is 3.95. The van der Waals surface area contributed by atoms with E-state index >= 15 is 0 Å². The highest BCUT2D eigenvalue weighted by molar-refractivity contribution is 7.88. The van der Waals surface area contributed by atoms with Crippen molar-refractivity contribution in [3.8, 4) is 0 Å². The number of anilines is 1. The largest absolute Gasteiger partial charge is 0.354 e. The van der Waals surface area contributed by atoms with E-state index in [1.54, 1.807) is 0 Å². The zero-order valence-electron chi connectivity index (χ0n) is 12.0. The van der Waals surface area contributed by atoms with E-state index in [0.29, 0.717) is 32.7 Å². The number of rotatable bonds is 4. The maximum atomic E-state index is 11.5. The van der Waals surface area contributed by atoms with Gasteiger partial charge in [0.15, 0.2) is 0 Å².